The zero-order valence-electron chi connectivity index (χ0n) is 9.63. The van der Waals surface area contributed by atoms with E-state index in [1.165, 1.54) is 24.3 Å². The zero-order chi connectivity index (χ0) is 12.4. The fourth-order valence-corrected chi connectivity index (χ4v) is 1.46. The summed E-state index contributed by atoms with van der Waals surface area (Å²) in [5, 5.41) is 9.97. The lowest BCUT2D eigenvalue weighted by atomic mass is 9.89. The molecule has 0 saturated carbocycles. The van der Waals surface area contributed by atoms with Crippen molar-refractivity contribution in [1.29, 1.82) is 0 Å². The number of rotatable bonds is 4. The molecule has 0 heterocycles. The third-order valence-electron chi connectivity index (χ3n) is 2.71. The maximum atomic E-state index is 12.7. The summed E-state index contributed by atoms with van der Waals surface area (Å²) in [6.45, 7) is 4.96. The van der Waals surface area contributed by atoms with Crippen molar-refractivity contribution in [2.75, 3.05) is 5.88 Å². The van der Waals surface area contributed by atoms with E-state index in [0.717, 1.165) is 0 Å². The smallest absolute Gasteiger partial charge is 0.148 e. The molecule has 0 fully saturated rings. The molecule has 16 heavy (non-hydrogen) atoms. The van der Waals surface area contributed by atoms with Gasteiger partial charge < -0.3 is 9.84 Å². The highest BCUT2D eigenvalue weighted by Crippen LogP contribution is 2.29. The molecule has 90 valence electrons. The second-order valence-electron chi connectivity index (χ2n) is 4.48. The fourth-order valence-electron chi connectivity index (χ4n) is 1.08. The average Bonchev–Trinajstić information content (AvgIpc) is 2.19. The largest absolute Gasteiger partial charge is 0.483 e. The second-order valence-corrected chi connectivity index (χ2v) is 4.75. The highest BCUT2D eigenvalue weighted by molar-refractivity contribution is 6.18. The standard InChI is InChI=1S/C12H16ClFO2/c1-11(2,15)12(3,8-13)16-10-6-4-9(14)5-7-10/h4-7,15H,8H2,1-3H3. The van der Waals surface area contributed by atoms with Gasteiger partial charge in [0.15, 0.2) is 0 Å². The van der Waals surface area contributed by atoms with E-state index >= 15 is 0 Å². The molecule has 0 bridgehead atoms. The lowest BCUT2D eigenvalue weighted by Gasteiger charge is -2.39. The normalized spacial score (nSPS) is 15.6. The number of ether oxygens (including phenoxy) is 1. The number of benzene rings is 1. The Morgan fingerprint density at radius 3 is 2.12 bits per heavy atom. The maximum Gasteiger partial charge on any atom is 0.148 e. The summed E-state index contributed by atoms with van der Waals surface area (Å²) in [6.07, 6.45) is 0. The highest BCUT2D eigenvalue weighted by atomic mass is 35.5. The van der Waals surface area contributed by atoms with E-state index in [-0.39, 0.29) is 11.7 Å². The maximum absolute atomic E-state index is 12.7. The lowest BCUT2D eigenvalue weighted by Crippen LogP contribution is -2.53. The first-order valence-corrected chi connectivity index (χ1v) is 5.55. The van der Waals surface area contributed by atoms with Gasteiger partial charge in [0.1, 0.15) is 17.2 Å². The van der Waals surface area contributed by atoms with E-state index in [4.69, 9.17) is 16.3 Å². The Bertz CT molecular complexity index is 345. The monoisotopic (exact) mass is 246 g/mol. The van der Waals surface area contributed by atoms with Gasteiger partial charge in [-0.25, -0.2) is 4.39 Å². The van der Waals surface area contributed by atoms with Crippen LogP contribution in [0.15, 0.2) is 24.3 Å². The van der Waals surface area contributed by atoms with Gasteiger partial charge in [-0.1, -0.05) is 0 Å². The molecule has 0 spiro atoms. The molecular weight excluding hydrogens is 231 g/mol. The molecule has 4 heteroatoms. The molecule has 1 rings (SSSR count). The third-order valence-corrected chi connectivity index (χ3v) is 3.22. The molecule has 1 unspecified atom stereocenters. The van der Waals surface area contributed by atoms with Crippen LogP contribution in [0.4, 0.5) is 4.39 Å². The van der Waals surface area contributed by atoms with Crippen LogP contribution in [0.1, 0.15) is 20.8 Å². The van der Waals surface area contributed by atoms with Crippen LogP contribution in [0.25, 0.3) is 0 Å². The van der Waals surface area contributed by atoms with Gasteiger partial charge in [-0.3, -0.25) is 0 Å². The van der Waals surface area contributed by atoms with Crippen LogP contribution < -0.4 is 4.74 Å². The van der Waals surface area contributed by atoms with Crippen LogP contribution in [-0.4, -0.2) is 22.2 Å². The number of aliphatic hydroxyl groups is 1. The van der Waals surface area contributed by atoms with Crippen LogP contribution >= 0.6 is 11.6 Å². The summed E-state index contributed by atoms with van der Waals surface area (Å²) < 4.78 is 18.3. The summed E-state index contributed by atoms with van der Waals surface area (Å²) in [5.74, 6) is 0.281. The van der Waals surface area contributed by atoms with Crippen molar-refractivity contribution < 1.29 is 14.2 Å². The minimum Gasteiger partial charge on any atom is -0.483 e. The quantitative estimate of drug-likeness (QED) is 0.828. The Morgan fingerprint density at radius 2 is 1.75 bits per heavy atom. The van der Waals surface area contributed by atoms with Crippen molar-refractivity contribution in [2.24, 2.45) is 0 Å². The molecule has 1 atom stereocenters. The molecule has 0 aliphatic heterocycles. The Morgan fingerprint density at radius 1 is 1.25 bits per heavy atom. The minimum atomic E-state index is -1.09. The van der Waals surface area contributed by atoms with E-state index in [0.29, 0.717) is 5.75 Å². The van der Waals surface area contributed by atoms with Gasteiger partial charge in [0.05, 0.1) is 11.5 Å². The van der Waals surface area contributed by atoms with Crippen LogP contribution in [0.2, 0.25) is 0 Å². The van der Waals surface area contributed by atoms with Gasteiger partial charge in [0.25, 0.3) is 0 Å². The van der Waals surface area contributed by atoms with Crippen molar-refractivity contribution in [3.63, 3.8) is 0 Å². The molecule has 0 aliphatic rings. The van der Waals surface area contributed by atoms with Crippen molar-refractivity contribution in [2.45, 2.75) is 32.0 Å². The summed E-state index contributed by atoms with van der Waals surface area (Å²) in [7, 11) is 0. The van der Waals surface area contributed by atoms with Gasteiger partial charge in [-0.15, -0.1) is 11.6 Å². The summed E-state index contributed by atoms with van der Waals surface area (Å²) in [4.78, 5) is 0. The van der Waals surface area contributed by atoms with Gasteiger partial charge in [0, 0.05) is 0 Å². The van der Waals surface area contributed by atoms with E-state index in [9.17, 15) is 9.50 Å². The topological polar surface area (TPSA) is 29.5 Å². The second kappa shape index (κ2) is 4.60. The fraction of sp³-hybridized carbons (Fsp3) is 0.500. The van der Waals surface area contributed by atoms with Crippen LogP contribution in [0, 0.1) is 5.82 Å². The van der Waals surface area contributed by atoms with E-state index in [1.807, 2.05) is 0 Å². The molecule has 2 nitrogen and oxygen atoms in total. The Balaban J connectivity index is 2.89. The Hall–Kier alpha value is -0.800. The van der Waals surface area contributed by atoms with Gasteiger partial charge >= 0.3 is 0 Å². The number of alkyl halides is 1. The number of hydrogen-bond donors (Lipinski definition) is 1. The van der Waals surface area contributed by atoms with Gasteiger partial charge in [0.2, 0.25) is 0 Å². The summed E-state index contributed by atoms with van der Waals surface area (Å²) in [5.41, 5.74) is -2.02. The number of halogens is 2. The Kier molecular flexibility index (Phi) is 3.81. The molecule has 0 saturated heterocycles. The van der Waals surface area contributed by atoms with Crippen LogP contribution in [0.3, 0.4) is 0 Å². The summed E-state index contributed by atoms with van der Waals surface area (Å²) >= 11 is 5.82. The van der Waals surface area contributed by atoms with E-state index < -0.39 is 11.2 Å². The Labute approximate surface area is 100.0 Å². The van der Waals surface area contributed by atoms with Crippen molar-refractivity contribution >= 4 is 11.6 Å². The molecule has 0 amide bonds. The summed E-state index contributed by atoms with van der Waals surface area (Å²) in [6, 6.07) is 5.61. The van der Waals surface area contributed by atoms with Crippen LogP contribution in [0.5, 0.6) is 5.75 Å². The first-order chi connectivity index (χ1) is 7.28. The third kappa shape index (κ3) is 2.86. The molecule has 1 aromatic carbocycles. The van der Waals surface area contributed by atoms with Gasteiger partial charge in [-0.05, 0) is 45.0 Å². The molecule has 0 aromatic heterocycles. The van der Waals surface area contributed by atoms with E-state index in [1.54, 1.807) is 20.8 Å². The average molecular weight is 247 g/mol. The molecule has 0 radical (unpaired) electrons. The van der Waals surface area contributed by atoms with Crippen molar-refractivity contribution in [1.82, 2.24) is 0 Å². The SMILES string of the molecule is CC(C)(O)C(C)(CCl)Oc1ccc(F)cc1. The van der Waals surface area contributed by atoms with E-state index in [2.05, 4.69) is 0 Å². The first-order valence-electron chi connectivity index (χ1n) is 5.01. The molecular formula is C12H16ClFO2. The molecule has 1 N–H and O–H groups in total. The van der Waals surface area contributed by atoms with Crippen molar-refractivity contribution in [3.05, 3.63) is 30.1 Å². The van der Waals surface area contributed by atoms with Crippen molar-refractivity contribution in [3.8, 4) is 5.75 Å². The predicted molar refractivity (Wildman–Crippen MR) is 62.5 cm³/mol. The van der Waals surface area contributed by atoms with Crippen LogP contribution in [-0.2, 0) is 0 Å². The first kappa shape index (κ1) is 13.3. The molecule has 1 aromatic rings. The van der Waals surface area contributed by atoms with Gasteiger partial charge in [-0.2, -0.15) is 0 Å². The highest BCUT2D eigenvalue weighted by Gasteiger charge is 2.41. The molecule has 0 aliphatic carbocycles. The zero-order valence-corrected chi connectivity index (χ0v) is 10.4. The minimum absolute atomic E-state index is 0.133. The predicted octanol–water partition coefficient (Wildman–Crippen LogP) is 2.97. The lowest BCUT2D eigenvalue weighted by molar-refractivity contribution is -0.0883. The number of hydrogen-bond acceptors (Lipinski definition) is 2.